The van der Waals surface area contributed by atoms with Crippen molar-refractivity contribution < 1.29 is 31.1 Å². The number of aromatic amines is 1. The molecule has 0 atom stereocenters. The molecule has 0 saturated carbocycles. The van der Waals surface area contributed by atoms with Crippen LogP contribution in [0.3, 0.4) is 0 Å². The number of alkyl halides is 6. The highest BCUT2D eigenvalue weighted by Crippen LogP contribution is 2.38. The molecule has 3 rings (SSSR count). The van der Waals surface area contributed by atoms with Gasteiger partial charge in [0.1, 0.15) is 0 Å². The number of halogens is 6. The first-order chi connectivity index (χ1) is 11.6. The van der Waals surface area contributed by atoms with E-state index < -0.39 is 23.5 Å². The van der Waals surface area contributed by atoms with Gasteiger partial charge in [-0.25, -0.2) is 0 Å². The molecule has 1 heterocycles. The molecule has 0 amide bonds. The van der Waals surface area contributed by atoms with Crippen LogP contribution in [0.5, 0.6) is 0 Å². The number of H-pyrrole nitrogens is 1. The Balaban J connectivity index is 2.22. The number of para-hydroxylation sites is 1. The van der Waals surface area contributed by atoms with E-state index >= 15 is 0 Å². The summed E-state index contributed by atoms with van der Waals surface area (Å²) in [5.74, 6) is 0. The molecule has 0 aliphatic carbocycles. The lowest BCUT2D eigenvalue weighted by atomic mass is 10.0. The van der Waals surface area contributed by atoms with E-state index in [9.17, 15) is 31.1 Å². The summed E-state index contributed by atoms with van der Waals surface area (Å²) in [6, 6.07) is 7.20. The fourth-order valence-corrected chi connectivity index (χ4v) is 2.65. The molecule has 0 aliphatic rings. The fraction of sp³-hybridized carbons (Fsp3) is 0.118. The Hall–Kier alpha value is -2.77. The lowest BCUT2D eigenvalue weighted by Gasteiger charge is -2.08. The van der Waals surface area contributed by atoms with Gasteiger partial charge >= 0.3 is 12.4 Å². The van der Waals surface area contributed by atoms with Crippen molar-refractivity contribution in [2.75, 3.05) is 0 Å². The topological polar surface area (TPSA) is 32.9 Å². The van der Waals surface area contributed by atoms with Crippen LogP contribution in [0.2, 0.25) is 0 Å². The van der Waals surface area contributed by atoms with Gasteiger partial charge in [0.05, 0.1) is 22.3 Å². The number of carbonyl (C=O) groups is 1. The summed E-state index contributed by atoms with van der Waals surface area (Å²) in [4.78, 5) is 13.9. The van der Waals surface area contributed by atoms with E-state index in [0.29, 0.717) is 6.29 Å². The van der Waals surface area contributed by atoms with Crippen molar-refractivity contribution in [2.45, 2.75) is 12.4 Å². The summed E-state index contributed by atoms with van der Waals surface area (Å²) >= 11 is 0. The summed E-state index contributed by atoms with van der Waals surface area (Å²) in [7, 11) is 0. The minimum absolute atomic E-state index is 0.0374. The Bertz CT molecular complexity index is 935. The molecule has 3 aromatic rings. The molecule has 0 aliphatic heterocycles. The van der Waals surface area contributed by atoms with Crippen LogP contribution in [-0.2, 0) is 12.4 Å². The van der Waals surface area contributed by atoms with Crippen LogP contribution in [0.4, 0.5) is 26.3 Å². The van der Waals surface area contributed by atoms with Crippen molar-refractivity contribution in [3.8, 4) is 11.3 Å². The molecular weight excluding hydrogens is 348 g/mol. The van der Waals surface area contributed by atoms with Crippen LogP contribution in [-0.4, -0.2) is 11.3 Å². The molecule has 25 heavy (non-hydrogen) atoms. The van der Waals surface area contributed by atoms with Crippen molar-refractivity contribution >= 4 is 17.2 Å². The van der Waals surface area contributed by atoms with Crippen LogP contribution in [0.15, 0.2) is 42.5 Å². The zero-order chi connectivity index (χ0) is 18.4. The number of carbonyl (C=O) groups excluding carboxylic acids is 1. The van der Waals surface area contributed by atoms with Crippen LogP contribution in [0, 0.1) is 0 Å². The molecule has 130 valence electrons. The second kappa shape index (κ2) is 5.65. The number of nitrogens with one attached hydrogen (secondary N) is 1. The maximum absolute atomic E-state index is 13.1. The number of hydrogen-bond donors (Lipinski definition) is 1. The largest absolute Gasteiger partial charge is 0.418 e. The van der Waals surface area contributed by atoms with Crippen molar-refractivity contribution in [3.63, 3.8) is 0 Å². The van der Waals surface area contributed by atoms with E-state index in [1.54, 1.807) is 0 Å². The molecule has 2 aromatic carbocycles. The Morgan fingerprint density at radius 2 is 1.48 bits per heavy atom. The first kappa shape index (κ1) is 17.1. The van der Waals surface area contributed by atoms with Gasteiger partial charge in [0.15, 0.2) is 6.29 Å². The van der Waals surface area contributed by atoms with Gasteiger partial charge in [0, 0.05) is 10.9 Å². The Kier molecular flexibility index (Phi) is 3.85. The molecule has 1 aromatic heterocycles. The third-order valence-electron chi connectivity index (χ3n) is 3.80. The highest BCUT2D eigenvalue weighted by atomic mass is 19.4. The maximum atomic E-state index is 13.1. The summed E-state index contributed by atoms with van der Waals surface area (Å²) in [6.45, 7) is 0. The van der Waals surface area contributed by atoms with Gasteiger partial charge in [-0.15, -0.1) is 0 Å². The molecule has 0 radical (unpaired) electrons. The van der Waals surface area contributed by atoms with Crippen molar-refractivity contribution in [2.24, 2.45) is 0 Å². The van der Waals surface area contributed by atoms with Crippen LogP contribution in [0.25, 0.3) is 22.2 Å². The molecule has 1 N–H and O–H groups in total. The minimum Gasteiger partial charge on any atom is -0.353 e. The van der Waals surface area contributed by atoms with E-state index in [0.717, 1.165) is 30.3 Å². The van der Waals surface area contributed by atoms with Gasteiger partial charge < -0.3 is 4.98 Å². The van der Waals surface area contributed by atoms with E-state index in [1.807, 2.05) is 0 Å². The van der Waals surface area contributed by atoms with E-state index in [2.05, 4.69) is 4.98 Å². The highest BCUT2D eigenvalue weighted by Gasteiger charge is 2.34. The Morgan fingerprint density at radius 1 is 0.840 bits per heavy atom. The van der Waals surface area contributed by atoms with E-state index in [4.69, 9.17) is 0 Å². The standard InChI is InChI=1S/C17H9F6NO/c18-16(19,20)10-6-4-9(5-7-10)14-12(8-25)11-2-1-3-13(15(11)24-14)17(21,22)23/h1-8,24H. The maximum Gasteiger partial charge on any atom is 0.418 e. The first-order valence-electron chi connectivity index (χ1n) is 6.97. The average Bonchev–Trinajstić information content (AvgIpc) is 2.91. The van der Waals surface area contributed by atoms with Crippen LogP contribution < -0.4 is 0 Å². The molecule has 0 unspecified atom stereocenters. The zero-order valence-electron chi connectivity index (χ0n) is 12.3. The fourth-order valence-electron chi connectivity index (χ4n) is 2.65. The normalized spacial score (nSPS) is 12.6. The average molecular weight is 357 g/mol. The molecule has 0 bridgehead atoms. The van der Waals surface area contributed by atoms with Gasteiger partial charge in [-0.05, 0) is 23.8 Å². The highest BCUT2D eigenvalue weighted by molar-refractivity contribution is 6.05. The first-order valence-corrected chi connectivity index (χ1v) is 6.97. The van der Waals surface area contributed by atoms with E-state index in [-0.39, 0.29) is 27.7 Å². The van der Waals surface area contributed by atoms with Crippen LogP contribution >= 0.6 is 0 Å². The lowest BCUT2D eigenvalue weighted by Crippen LogP contribution is -2.05. The summed E-state index contributed by atoms with van der Waals surface area (Å²) in [5, 5.41) is 0.0553. The quantitative estimate of drug-likeness (QED) is 0.464. The number of hydrogen-bond acceptors (Lipinski definition) is 1. The molecule has 0 spiro atoms. The third kappa shape index (κ3) is 2.99. The Morgan fingerprint density at radius 3 is 2.00 bits per heavy atom. The minimum atomic E-state index is -4.64. The monoisotopic (exact) mass is 357 g/mol. The van der Waals surface area contributed by atoms with Crippen molar-refractivity contribution in [1.29, 1.82) is 0 Å². The van der Waals surface area contributed by atoms with Gasteiger partial charge in [-0.2, -0.15) is 26.3 Å². The van der Waals surface area contributed by atoms with E-state index in [1.165, 1.54) is 12.1 Å². The number of benzene rings is 2. The van der Waals surface area contributed by atoms with Gasteiger partial charge in [0.25, 0.3) is 0 Å². The molecular formula is C17H9F6NO. The zero-order valence-corrected chi connectivity index (χ0v) is 12.3. The molecule has 2 nitrogen and oxygen atoms in total. The lowest BCUT2D eigenvalue weighted by molar-refractivity contribution is -0.138. The van der Waals surface area contributed by atoms with Gasteiger partial charge in [-0.1, -0.05) is 24.3 Å². The van der Waals surface area contributed by atoms with Crippen molar-refractivity contribution in [1.82, 2.24) is 4.98 Å². The summed E-state index contributed by atoms with van der Waals surface area (Å²) in [6.07, 6.45) is -8.79. The number of fused-ring (bicyclic) bond motifs is 1. The predicted molar refractivity (Wildman–Crippen MR) is 79.1 cm³/mol. The molecule has 8 heteroatoms. The molecule has 0 fully saturated rings. The summed E-state index contributed by atoms with van der Waals surface area (Å²) < 4.78 is 77.2. The van der Waals surface area contributed by atoms with Gasteiger partial charge in [-0.3, -0.25) is 4.79 Å². The predicted octanol–water partition coefficient (Wildman–Crippen LogP) is 5.69. The third-order valence-corrected chi connectivity index (χ3v) is 3.80. The Labute approximate surface area is 137 Å². The number of rotatable bonds is 2. The molecule has 0 saturated heterocycles. The van der Waals surface area contributed by atoms with Crippen molar-refractivity contribution in [3.05, 3.63) is 59.2 Å². The second-order valence-corrected chi connectivity index (χ2v) is 5.33. The van der Waals surface area contributed by atoms with Gasteiger partial charge in [0.2, 0.25) is 0 Å². The smallest absolute Gasteiger partial charge is 0.353 e. The summed E-state index contributed by atoms with van der Waals surface area (Å²) in [5.41, 5.74) is -1.95. The second-order valence-electron chi connectivity index (χ2n) is 5.33. The number of aldehydes is 1. The SMILES string of the molecule is O=Cc1c(-c2ccc(C(F)(F)F)cc2)[nH]c2c(C(F)(F)F)cccc12. The number of aromatic nitrogens is 1. The van der Waals surface area contributed by atoms with Crippen LogP contribution in [0.1, 0.15) is 21.5 Å².